The Kier molecular flexibility index (Phi) is 6.49. The van der Waals surface area contributed by atoms with Crippen LogP contribution in [0.5, 0.6) is 5.75 Å². The summed E-state index contributed by atoms with van der Waals surface area (Å²) in [5, 5.41) is 2.93. The standard InChI is InChI=1S/C25H29N3O3/c1-16-9-7-10-17(2)24(16)26-23(29)15-27(5)25(30)22-13-18(3)28(19(22)4)20-11-8-12-21(14-20)31-6/h7-14H,15H2,1-6H3,(H,26,29). The normalized spacial score (nSPS) is 10.6. The molecule has 0 fully saturated rings. The number of para-hydroxylation sites is 1. The highest BCUT2D eigenvalue weighted by Gasteiger charge is 2.22. The average molecular weight is 420 g/mol. The van der Waals surface area contributed by atoms with E-state index in [0.717, 1.165) is 39.6 Å². The van der Waals surface area contributed by atoms with E-state index in [0.29, 0.717) is 5.56 Å². The summed E-state index contributed by atoms with van der Waals surface area (Å²) in [6.07, 6.45) is 0. The monoisotopic (exact) mass is 419 g/mol. The molecule has 0 aliphatic carbocycles. The molecule has 162 valence electrons. The third kappa shape index (κ3) is 4.63. The number of nitrogens with one attached hydrogen (secondary N) is 1. The number of carbonyl (C=O) groups excluding carboxylic acids is 2. The third-order valence-corrected chi connectivity index (χ3v) is 5.45. The van der Waals surface area contributed by atoms with E-state index in [1.54, 1.807) is 14.2 Å². The van der Waals surface area contributed by atoms with Crippen LogP contribution in [-0.4, -0.2) is 42.0 Å². The summed E-state index contributed by atoms with van der Waals surface area (Å²) in [5.41, 5.74) is 6.02. The molecule has 0 unspecified atom stereocenters. The second kappa shape index (κ2) is 9.08. The Morgan fingerprint density at radius 2 is 1.65 bits per heavy atom. The molecule has 0 saturated carbocycles. The lowest BCUT2D eigenvalue weighted by molar-refractivity contribution is -0.116. The minimum Gasteiger partial charge on any atom is -0.497 e. The maximum atomic E-state index is 13.1. The number of hydrogen-bond donors (Lipinski definition) is 1. The number of methoxy groups -OCH3 is 1. The molecule has 6 nitrogen and oxygen atoms in total. The Balaban J connectivity index is 1.79. The van der Waals surface area contributed by atoms with Crippen LogP contribution in [0.2, 0.25) is 0 Å². The van der Waals surface area contributed by atoms with Crippen molar-refractivity contribution in [3.63, 3.8) is 0 Å². The van der Waals surface area contributed by atoms with Gasteiger partial charge in [-0.15, -0.1) is 0 Å². The molecule has 3 rings (SSSR count). The summed E-state index contributed by atoms with van der Waals surface area (Å²) in [5.74, 6) is 0.326. The molecular weight excluding hydrogens is 390 g/mol. The van der Waals surface area contributed by atoms with Crippen LogP contribution in [0.1, 0.15) is 32.9 Å². The minimum atomic E-state index is -0.227. The first-order valence-electron chi connectivity index (χ1n) is 10.2. The Hall–Kier alpha value is -3.54. The Labute approximate surface area is 183 Å². The Morgan fingerprint density at radius 1 is 1.00 bits per heavy atom. The molecule has 0 aliphatic heterocycles. The van der Waals surface area contributed by atoms with Gasteiger partial charge in [-0.3, -0.25) is 9.59 Å². The lowest BCUT2D eigenvalue weighted by Gasteiger charge is -2.18. The Bertz CT molecular complexity index is 1110. The van der Waals surface area contributed by atoms with Crippen LogP contribution >= 0.6 is 0 Å². The first-order chi connectivity index (χ1) is 14.7. The molecule has 31 heavy (non-hydrogen) atoms. The number of amides is 2. The van der Waals surface area contributed by atoms with Crippen LogP contribution in [0.3, 0.4) is 0 Å². The van der Waals surface area contributed by atoms with E-state index in [9.17, 15) is 9.59 Å². The summed E-state index contributed by atoms with van der Waals surface area (Å²) in [6, 6.07) is 15.4. The number of aryl methyl sites for hydroxylation is 3. The molecule has 2 amide bonds. The van der Waals surface area contributed by atoms with Crippen molar-refractivity contribution >= 4 is 17.5 Å². The van der Waals surface area contributed by atoms with Crippen LogP contribution in [0.25, 0.3) is 5.69 Å². The third-order valence-electron chi connectivity index (χ3n) is 5.45. The highest BCUT2D eigenvalue weighted by atomic mass is 16.5. The highest BCUT2D eigenvalue weighted by molar-refractivity contribution is 6.00. The van der Waals surface area contributed by atoms with Gasteiger partial charge < -0.3 is 19.5 Å². The molecule has 6 heteroatoms. The van der Waals surface area contributed by atoms with E-state index < -0.39 is 0 Å². The van der Waals surface area contributed by atoms with Gasteiger partial charge in [-0.05, 0) is 57.0 Å². The van der Waals surface area contributed by atoms with Crippen molar-refractivity contribution < 1.29 is 14.3 Å². The van der Waals surface area contributed by atoms with Gasteiger partial charge in [0.2, 0.25) is 5.91 Å². The van der Waals surface area contributed by atoms with Gasteiger partial charge in [-0.1, -0.05) is 24.3 Å². The zero-order valence-corrected chi connectivity index (χ0v) is 18.9. The summed E-state index contributed by atoms with van der Waals surface area (Å²) in [6.45, 7) is 7.73. The fourth-order valence-corrected chi connectivity index (χ4v) is 3.81. The molecule has 3 aromatic rings. The lowest BCUT2D eigenvalue weighted by Crippen LogP contribution is -2.35. The van der Waals surface area contributed by atoms with Gasteiger partial charge in [-0.2, -0.15) is 0 Å². The van der Waals surface area contributed by atoms with Crippen LogP contribution in [0.15, 0.2) is 48.5 Å². The largest absolute Gasteiger partial charge is 0.497 e. The second-order valence-electron chi connectivity index (χ2n) is 7.80. The fraction of sp³-hybridized carbons (Fsp3) is 0.280. The van der Waals surface area contributed by atoms with Crippen LogP contribution in [-0.2, 0) is 4.79 Å². The number of ether oxygens (including phenoxy) is 1. The Morgan fingerprint density at radius 3 is 2.29 bits per heavy atom. The zero-order valence-electron chi connectivity index (χ0n) is 18.9. The van der Waals surface area contributed by atoms with E-state index in [1.165, 1.54) is 4.90 Å². The molecule has 2 aromatic carbocycles. The molecule has 0 spiro atoms. The number of likely N-dealkylation sites (N-methyl/N-ethyl adjacent to an activating group) is 1. The van der Waals surface area contributed by atoms with Crippen molar-refractivity contribution in [2.45, 2.75) is 27.7 Å². The molecule has 0 atom stereocenters. The second-order valence-corrected chi connectivity index (χ2v) is 7.80. The van der Waals surface area contributed by atoms with Crippen molar-refractivity contribution in [1.82, 2.24) is 9.47 Å². The van der Waals surface area contributed by atoms with Gasteiger partial charge in [0.05, 0.1) is 19.2 Å². The van der Waals surface area contributed by atoms with E-state index >= 15 is 0 Å². The predicted molar refractivity (Wildman–Crippen MR) is 123 cm³/mol. The van der Waals surface area contributed by atoms with Gasteiger partial charge in [0.25, 0.3) is 5.91 Å². The number of anilines is 1. The van der Waals surface area contributed by atoms with Gasteiger partial charge in [-0.25, -0.2) is 0 Å². The van der Waals surface area contributed by atoms with Crippen LogP contribution in [0.4, 0.5) is 5.69 Å². The van der Waals surface area contributed by atoms with Crippen LogP contribution < -0.4 is 10.1 Å². The van der Waals surface area contributed by atoms with Gasteiger partial charge >= 0.3 is 0 Å². The topological polar surface area (TPSA) is 63.6 Å². The van der Waals surface area contributed by atoms with Crippen molar-refractivity contribution in [2.24, 2.45) is 0 Å². The molecule has 0 saturated heterocycles. The smallest absolute Gasteiger partial charge is 0.255 e. The molecular formula is C25H29N3O3. The SMILES string of the molecule is COc1cccc(-n2c(C)cc(C(=O)N(C)CC(=O)Nc3c(C)cccc3C)c2C)c1. The quantitative estimate of drug-likeness (QED) is 0.643. The zero-order chi connectivity index (χ0) is 22.7. The number of carbonyl (C=O) groups is 2. The average Bonchev–Trinajstić information content (AvgIpc) is 3.04. The van der Waals surface area contributed by atoms with Crippen molar-refractivity contribution in [1.29, 1.82) is 0 Å². The van der Waals surface area contributed by atoms with E-state index in [2.05, 4.69) is 5.32 Å². The van der Waals surface area contributed by atoms with Gasteiger partial charge in [0.15, 0.2) is 0 Å². The molecule has 0 radical (unpaired) electrons. The first kappa shape index (κ1) is 22.2. The summed E-state index contributed by atoms with van der Waals surface area (Å²) >= 11 is 0. The predicted octanol–water partition coefficient (Wildman–Crippen LogP) is 4.43. The molecule has 1 heterocycles. The van der Waals surface area contributed by atoms with E-state index in [-0.39, 0.29) is 18.4 Å². The summed E-state index contributed by atoms with van der Waals surface area (Å²) in [7, 11) is 3.27. The van der Waals surface area contributed by atoms with Crippen molar-refractivity contribution in [2.75, 3.05) is 26.0 Å². The van der Waals surface area contributed by atoms with Gasteiger partial charge in [0.1, 0.15) is 5.75 Å². The molecule has 0 aliphatic rings. The molecule has 1 aromatic heterocycles. The number of hydrogen-bond acceptors (Lipinski definition) is 3. The number of nitrogens with zero attached hydrogens (tertiary/aromatic N) is 2. The van der Waals surface area contributed by atoms with E-state index in [1.807, 2.05) is 80.8 Å². The molecule has 1 N–H and O–H groups in total. The summed E-state index contributed by atoms with van der Waals surface area (Å²) in [4.78, 5) is 27.1. The van der Waals surface area contributed by atoms with Crippen LogP contribution in [0, 0.1) is 27.7 Å². The van der Waals surface area contributed by atoms with E-state index in [4.69, 9.17) is 4.74 Å². The minimum absolute atomic E-state index is 0.0323. The molecule has 0 bridgehead atoms. The fourth-order valence-electron chi connectivity index (χ4n) is 3.81. The first-order valence-corrected chi connectivity index (χ1v) is 10.2. The number of benzene rings is 2. The highest BCUT2D eigenvalue weighted by Crippen LogP contribution is 2.25. The number of rotatable bonds is 6. The summed E-state index contributed by atoms with van der Waals surface area (Å²) < 4.78 is 7.34. The maximum absolute atomic E-state index is 13.1. The lowest BCUT2D eigenvalue weighted by atomic mass is 10.1. The maximum Gasteiger partial charge on any atom is 0.255 e. The van der Waals surface area contributed by atoms with Gasteiger partial charge in [0, 0.05) is 35.9 Å². The van der Waals surface area contributed by atoms with Crippen molar-refractivity contribution in [3.05, 3.63) is 76.6 Å². The number of aromatic nitrogens is 1. The van der Waals surface area contributed by atoms with Crippen molar-refractivity contribution in [3.8, 4) is 11.4 Å².